The fraction of sp³-hybridized carbons (Fsp3) is 0.417. The van der Waals surface area contributed by atoms with Crippen LogP contribution in [-0.4, -0.2) is 47.5 Å². The standard InChI is InChI=1S/C22H29NO4.C2H6/c1-5-7-8-12-21(17(3)24)18(4)27-15-10-9-11-19(6-2)22(26)23-14-13-20(25)16-23;1-2/h5-11,20,25H,1-2,12-16H2,3-4H3;1-2H3/b8-7-,10-9-,19-11+,21-18-;. The predicted octanol–water partition coefficient (Wildman–Crippen LogP) is 4.29. The van der Waals surface area contributed by atoms with Crippen molar-refractivity contribution < 1.29 is 19.4 Å². The van der Waals surface area contributed by atoms with Gasteiger partial charge < -0.3 is 14.7 Å². The number of amides is 1. The number of hydrogen-bond donors (Lipinski definition) is 1. The molecule has 1 amide bonds. The third-order valence-electron chi connectivity index (χ3n) is 4.17. The largest absolute Gasteiger partial charge is 0.494 e. The van der Waals surface area contributed by atoms with E-state index in [2.05, 4.69) is 13.2 Å². The number of carbonyl (C=O) groups excluding carboxylic acids is 2. The summed E-state index contributed by atoms with van der Waals surface area (Å²) in [5.74, 6) is 0.407. The van der Waals surface area contributed by atoms with Crippen LogP contribution in [0.3, 0.4) is 0 Å². The van der Waals surface area contributed by atoms with Crippen LogP contribution in [0.4, 0.5) is 0 Å². The summed E-state index contributed by atoms with van der Waals surface area (Å²) in [6, 6.07) is 0. The molecule has 1 aliphatic heterocycles. The number of Topliss-reactive ketones (excluding diaryl/α,β-unsaturated/α-hetero) is 1. The zero-order valence-corrected chi connectivity index (χ0v) is 18.2. The summed E-state index contributed by atoms with van der Waals surface area (Å²) in [6.07, 6.45) is 12.6. The van der Waals surface area contributed by atoms with E-state index < -0.39 is 6.10 Å². The number of ether oxygens (including phenoxy) is 1. The normalized spacial score (nSPS) is 17.6. The molecule has 0 radical (unpaired) electrons. The second-order valence-electron chi connectivity index (χ2n) is 6.22. The van der Waals surface area contributed by atoms with E-state index in [1.807, 2.05) is 19.9 Å². The summed E-state index contributed by atoms with van der Waals surface area (Å²) in [4.78, 5) is 25.7. The smallest absolute Gasteiger partial charge is 0.253 e. The van der Waals surface area contributed by atoms with E-state index in [1.165, 1.54) is 13.0 Å². The second kappa shape index (κ2) is 15.3. The van der Waals surface area contributed by atoms with Crippen LogP contribution < -0.4 is 0 Å². The lowest BCUT2D eigenvalue weighted by atomic mass is 10.1. The molecule has 1 N–H and O–H groups in total. The van der Waals surface area contributed by atoms with Crippen LogP contribution in [0, 0.1) is 0 Å². The summed E-state index contributed by atoms with van der Waals surface area (Å²) >= 11 is 0. The van der Waals surface area contributed by atoms with Crippen molar-refractivity contribution in [3.63, 3.8) is 0 Å². The molecule has 0 bridgehead atoms. The fourth-order valence-electron chi connectivity index (χ4n) is 2.64. The van der Waals surface area contributed by atoms with Crippen molar-refractivity contribution in [1.82, 2.24) is 4.90 Å². The van der Waals surface area contributed by atoms with Gasteiger partial charge in [-0.15, -0.1) is 0 Å². The van der Waals surface area contributed by atoms with Gasteiger partial charge in [-0.1, -0.05) is 57.4 Å². The Bertz CT molecular complexity index is 683. The first-order chi connectivity index (χ1) is 13.9. The maximum absolute atomic E-state index is 12.3. The molecule has 0 saturated carbocycles. The number of aliphatic hydroxyl groups excluding tert-OH is 1. The van der Waals surface area contributed by atoms with Crippen LogP contribution in [0.15, 0.2) is 72.6 Å². The average Bonchev–Trinajstić information content (AvgIpc) is 3.15. The van der Waals surface area contributed by atoms with Gasteiger partial charge in [0.05, 0.1) is 6.10 Å². The van der Waals surface area contributed by atoms with E-state index in [0.717, 1.165) is 0 Å². The zero-order chi connectivity index (χ0) is 22.2. The summed E-state index contributed by atoms with van der Waals surface area (Å²) in [5.41, 5.74) is 1.08. The monoisotopic (exact) mass is 401 g/mol. The highest BCUT2D eigenvalue weighted by molar-refractivity contribution is 5.96. The van der Waals surface area contributed by atoms with Crippen LogP contribution in [0.2, 0.25) is 0 Å². The van der Waals surface area contributed by atoms with Crippen molar-refractivity contribution in [3.8, 4) is 0 Å². The highest BCUT2D eigenvalue weighted by Gasteiger charge is 2.25. The first-order valence-corrected chi connectivity index (χ1v) is 9.98. The number of hydrogen-bond acceptors (Lipinski definition) is 4. The van der Waals surface area contributed by atoms with Crippen LogP contribution >= 0.6 is 0 Å². The van der Waals surface area contributed by atoms with E-state index in [4.69, 9.17) is 4.74 Å². The van der Waals surface area contributed by atoms with Crippen LogP contribution in [-0.2, 0) is 14.3 Å². The molecule has 5 nitrogen and oxygen atoms in total. The first kappa shape index (κ1) is 26.3. The molecule has 1 heterocycles. The lowest BCUT2D eigenvalue weighted by Gasteiger charge is -2.15. The van der Waals surface area contributed by atoms with E-state index in [1.54, 1.807) is 42.2 Å². The number of likely N-dealkylation sites (tertiary alicyclic amines) is 1. The van der Waals surface area contributed by atoms with Crippen LogP contribution in [0.25, 0.3) is 0 Å². The lowest BCUT2D eigenvalue weighted by molar-refractivity contribution is -0.126. The van der Waals surface area contributed by atoms with Crippen LogP contribution in [0.1, 0.15) is 40.5 Å². The Labute approximate surface area is 175 Å². The minimum Gasteiger partial charge on any atom is -0.494 e. The number of rotatable bonds is 10. The molecule has 160 valence electrons. The average molecular weight is 402 g/mol. The molecule has 0 aromatic heterocycles. The van der Waals surface area contributed by atoms with E-state index in [-0.39, 0.29) is 18.3 Å². The molecule has 0 spiro atoms. The summed E-state index contributed by atoms with van der Waals surface area (Å²) in [7, 11) is 0. The Balaban J connectivity index is 0.00000379. The Morgan fingerprint density at radius 2 is 1.86 bits per heavy atom. The van der Waals surface area contributed by atoms with E-state index in [0.29, 0.717) is 42.8 Å². The molecule has 1 fully saturated rings. The van der Waals surface area contributed by atoms with Crippen LogP contribution in [0.5, 0.6) is 0 Å². The van der Waals surface area contributed by atoms with Crippen molar-refractivity contribution >= 4 is 11.7 Å². The number of nitrogens with zero attached hydrogens (tertiary/aromatic N) is 1. The van der Waals surface area contributed by atoms with Crippen molar-refractivity contribution in [3.05, 3.63) is 72.6 Å². The predicted molar refractivity (Wildman–Crippen MR) is 119 cm³/mol. The maximum atomic E-state index is 12.3. The van der Waals surface area contributed by atoms with Gasteiger partial charge in [-0.05, 0) is 38.8 Å². The van der Waals surface area contributed by atoms with Gasteiger partial charge in [0, 0.05) is 24.2 Å². The van der Waals surface area contributed by atoms with Crippen molar-refractivity contribution in [1.29, 1.82) is 0 Å². The number of aliphatic hydroxyl groups is 1. The summed E-state index contributed by atoms with van der Waals surface area (Å²) in [5, 5.41) is 9.55. The Hall–Kier alpha value is -2.66. The first-order valence-electron chi connectivity index (χ1n) is 9.98. The summed E-state index contributed by atoms with van der Waals surface area (Å²) < 4.78 is 5.61. The lowest BCUT2D eigenvalue weighted by Crippen LogP contribution is -2.30. The molecule has 1 aliphatic rings. The third kappa shape index (κ3) is 9.90. The number of allylic oxidation sites excluding steroid dienone is 7. The van der Waals surface area contributed by atoms with E-state index >= 15 is 0 Å². The molecule has 1 rings (SSSR count). The zero-order valence-electron chi connectivity index (χ0n) is 18.2. The maximum Gasteiger partial charge on any atom is 0.253 e. The topological polar surface area (TPSA) is 66.8 Å². The highest BCUT2D eigenvalue weighted by Crippen LogP contribution is 2.14. The van der Waals surface area contributed by atoms with Gasteiger partial charge in [0.15, 0.2) is 5.78 Å². The van der Waals surface area contributed by atoms with E-state index in [9.17, 15) is 14.7 Å². The highest BCUT2D eigenvalue weighted by atomic mass is 16.5. The van der Waals surface area contributed by atoms with Crippen molar-refractivity contribution in [2.24, 2.45) is 0 Å². The molecule has 1 atom stereocenters. The molecule has 0 aromatic carbocycles. The third-order valence-corrected chi connectivity index (χ3v) is 4.17. The molecule has 1 unspecified atom stereocenters. The van der Waals surface area contributed by atoms with Gasteiger partial charge in [0.25, 0.3) is 5.91 Å². The van der Waals surface area contributed by atoms with Gasteiger partial charge >= 0.3 is 0 Å². The Kier molecular flexibility index (Phi) is 13.9. The Morgan fingerprint density at radius 3 is 2.38 bits per heavy atom. The second-order valence-corrected chi connectivity index (χ2v) is 6.22. The quantitative estimate of drug-likeness (QED) is 0.337. The molecule has 0 aromatic rings. The van der Waals surface area contributed by atoms with Gasteiger partial charge in [-0.25, -0.2) is 0 Å². The molecule has 29 heavy (non-hydrogen) atoms. The molecule has 5 heteroatoms. The minimum absolute atomic E-state index is 0.0302. The van der Waals surface area contributed by atoms with Crippen molar-refractivity contribution in [2.75, 3.05) is 19.7 Å². The van der Waals surface area contributed by atoms with Gasteiger partial charge in [0.1, 0.15) is 12.4 Å². The SMILES string of the molecule is C=C/C=C\C/C(C(C)=O)=C(\C)OC/C=C\C=C(/C=C)C(=O)N1CCC(O)C1.CC. The number of β-amino-alcohol motifs (C(OH)–C–C–N with tert-alkyl or cyclic N) is 1. The molecule has 1 saturated heterocycles. The van der Waals surface area contributed by atoms with Gasteiger partial charge in [0.2, 0.25) is 0 Å². The summed E-state index contributed by atoms with van der Waals surface area (Å²) in [6.45, 7) is 15.7. The minimum atomic E-state index is -0.449. The van der Waals surface area contributed by atoms with Gasteiger partial charge in [-0.3, -0.25) is 9.59 Å². The molecular weight excluding hydrogens is 366 g/mol. The molecule has 0 aliphatic carbocycles. The van der Waals surface area contributed by atoms with Crippen molar-refractivity contribution in [2.45, 2.75) is 46.6 Å². The Morgan fingerprint density at radius 1 is 1.17 bits per heavy atom. The number of ketones is 1. The fourth-order valence-corrected chi connectivity index (χ4v) is 2.64. The van der Waals surface area contributed by atoms with Gasteiger partial charge in [-0.2, -0.15) is 0 Å². The number of carbonyl (C=O) groups is 2. The molecular formula is C24H35NO4.